The molecule has 0 bridgehead atoms. The molecule has 9 heteroatoms. The first kappa shape index (κ1) is 19.8. The molecule has 0 aliphatic rings. The van der Waals surface area contributed by atoms with Crippen LogP contribution in [-0.2, 0) is 10.0 Å². The highest BCUT2D eigenvalue weighted by Crippen LogP contribution is 2.27. The number of hydrogen-bond donors (Lipinski definition) is 1. The van der Waals surface area contributed by atoms with Gasteiger partial charge in [0.25, 0.3) is 15.7 Å². The van der Waals surface area contributed by atoms with Crippen molar-refractivity contribution in [3.8, 4) is 0 Å². The van der Waals surface area contributed by atoms with Crippen molar-refractivity contribution in [2.75, 3.05) is 31.5 Å². The predicted octanol–water partition coefficient (Wildman–Crippen LogP) is 1.71. The van der Waals surface area contributed by atoms with Crippen molar-refractivity contribution in [3.63, 3.8) is 0 Å². The number of benzene rings is 2. The van der Waals surface area contributed by atoms with Gasteiger partial charge in [-0.15, -0.1) is 0 Å². The van der Waals surface area contributed by atoms with Crippen LogP contribution in [-0.4, -0.2) is 56.6 Å². The van der Waals surface area contributed by atoms with Crippen molar-refractivity contribution in [2.24, 2.45) is 0 Å². The van der Waals surface area contributed by atoms with Crippen LogP contribution in [0.3, 0.4) is 0 Å². The number of hydrogen-bond acceptors (Lipinski definition) is 6. The Hall–Kier alpha value is -2.49. The predicted molar refractivity (Wildman–Crippen MR) is 98.6 cm³/mol. The van der Waals surface area contributed by atoms with Crippen molar-refractivity contribution < 1.29 is 18.4 Å². The van der Waals surface area contributed by atoms with Crippen LogP contribution in [0, 0.1) is 10.1 Å². The molecule has 0 fully saturated rings. The van der Waals surface area contributed by atoms with Gasteiger partial charge in [0.05, 0.1) is 28.2 Å². The number of nitro benzene ring substituents is 1. The Morgan fingerprint density at radius 2 is 1.73 bits per heavy atom. The maximum Gasteiger partial charge on any atom is 0.271 e. The lowest BCUT2D eigenvalue weighted by Gasteiger charge is -2.27. The van der Waals surface area contributed by atoms with E-state index in [0.717, 1.165) is 4.31 Å². The highest BCUT2D eigenvalue weighted by atomic mass is 32.2. The number of aliphatic hydroxyl groups is 1. The van der Waals surface area contributed by atoms with Crippen LogP contribution in [0.5, 0.6) is 0 Å². The van der Waals surface area contributed by atoms with Gasteiger partial charge in [-0.05, 0) is 32.3 Å². The Labute approximate surface area is 152 Å². The first-order valence-corrected chi connectivity index (χ1v) is 9.31. The summed E-state index contributed by atoms with van der Waals surface area (Å²) in [5, 5.41) is 21.3. The quantitative estimate of drug-likeness (QED) is 0.553. The molecule has 0 heterocycles. The number of non-ortho nitro benzene ring substituents is 1. The minimum Gasteiger partial charge on any atom is -0.390 e. The lowest BCUT2D eigenvalue weighted by Crippen LogP contribution is -2.41. The maximum atomic E-state index is 13.1. The summed E-state index contributed by atoms with van der Waals surface area (Å²) >= 11 is 0. The molecule has 0 amide bonds. The number of sulfonamides is 1. The maximum absolute atomic E-state index is 13.1. The van der Waals surface area contributed by atoms with E-state index in [-0.39, 0.29) is 29.4 Å². The van der Waals surface area contributed by atoms with E-state index in [4.69, 9.17) is 0 Å². The van der Waals surface area contributed by atoms with E-state index in [9.17, 15) is 23.6 Å². The number of nitrogens with zero attached hydrogens (tertiary/aromatic N) is 3. The Morgan fingerprint density at radius 3 is 2.31 bits per heavy atom. The average molecular weight is 379 g/mol. The molecular weight excluding hydrogens is 358 g/mol. The van der Waals surface area contributed by atoms with Gasteiger partial charge in [0.15, 0.2) is 0 Å². The van der Waals surface area contributed by atoms with Crippen molar-refractivity contribution in [1.82, 2.24) is 4.90 Å². The molecule has 0 spiro atoms. The summed E-state index contributed by atoms with van der Waals surface area (Å²) in [6.07, 6.45) is -0.970. The van der Waals surface area contributed by atoms with E-state index >= 15 is 0 Å². The van der Waals surface area contributed by atoms with Crippen LogP contribution >= 0.6 is 0 Å². The van der Waals surface area contributed by atoms with E-state index < -0.39 is 21.1 Å². The second-order valence-electron chi connectivity index (χ2n) is 6.04. The van der Waals surface area contributed by atoms with Gasteiger partial charge in [0.1, 0.15) is 0 Å². The topological polar surface area (TPSA) is 104 Å². The molecule has 0 saturated heterocycles. The number of rotatable bonds is 8. The van der Waals surface area contributed by atoms with Crippen molar-refractivity contribution in [1.29, 1.82) is 0 Å². The van der Waals surface area contributed by atoms with Gasteiger partial charge in [-0.25, -0.2) is 8.42 Å². The first-order chi connectivity index (χ1) is 12.2. The summed E-state index contributed by atoms with van der Waals surface area (Å²) in [7, 11) is -0.482. The molecule has 0 aliphatic carbocycles. The van der Waals surface area contributed by atoms with E-state index in [1.807, 2.05) is 0 Å². The Bertz CT molecular complexity index is 856. The lowest BCUT2D eigenvalue weighted by molar-refractivity contribution is -0.384. The Kier molecular flexibility index (Phi) is 6.30. The van der Waals surface area contributed by atoms with Crippen molar-refractivity contribution in [3.05, 3.63) is 64.7 Å². The molecule has 2 rings (SSSR count). The minimum atomic E-state index is -4.00. The van der Waals surface area contributed by atoms with Crippen LogP contribution in [0.15, 0.2) is 59.5 Å². The summed E-state index contributed by atoms with van der Waals surface area (Å²) in [5.74, 6) is 0. The second-order valence-corrected chi connectivity index (χ2v) is 7.90. The molecule has 140 valence electrons. The molecule has 0 aromatic heterocycles. The van der Waals surface area contributed by atoms with Crippen molar-refractivity contribution >= 4 is 21.4 Å². The van der Waals surface area contributed by atoms with E-state index in [1.54, 1.807) is 37.2 Å². The van der Waals surface area contributed by atoms with E-state index in [0.29, 0.717) is 0 Å². The van der Waals surface area contributed by atoms with Crippen LogP contribution in [0.25, 0.3) is 0 Å². The number of aliphatic hydroxyl groups excluding tert-OH is 1. The van der Waals surface area contributed by atoms with Gasteiger partial charge in [-0.3, -0.25) is 14.4 Å². The number of anilines is 1. The first-order valence-electron chi connectivity index (χ1n) is 7.87. The Morgan fingerprint density at radius 1 is 1.08 bits per heavy atom. The molecule has 8 nitrogen and oxygen atoms in total. The third-order valence-electron chi connectivity index (χ3n) is 3.61. The number of nitro groups is 1. The van der Waals surface area contributed by atoms with Crippen LogP contribution < -0.4 is 4.31 Å². The summed E-state index contributed by atoms with van der Waals surface area (Å²) in [4.78, 5) is 12.2. The monoisotopic (exact) mass is 379 g/mol. The molecule has 0 saturated carbocycles. The third-order valence-corrected chi connectivity index (χ3v) is 5.42. The molecular formula is C17H21N3O5S. The Balaban J connectivity index is 2.49. The van der Waals surface area contributed by atoms with Gasteiger partial charge < -0.3 is 10.0 Å². The molecule has 0 unspecified atom stereocenters. The molecule has 1 N–H and O–H groups in total. The summed E-state index contributed by atoms with van der Waals surface area (Å²) in [6.45, 7) is 0.0202. The standard InChI is InChI=1S/C17H21N3O5S/c1-18(2)12-16(21)13-19(14-7-6-8-15(11-14)20(22)23)26(24,25)17-9-4-3-5-10-17/h3-11,16,21H,12-13H2,1-2H3/t16-/m0/s1. The lowest BCUT2D eigenvalue weighted by atomic mass is 10.2. The van der Waals surface area contributed by atoms with Gasteiger partial charge in [-0.2, -0.15) is 0 Å². The smallest absolute Gasteiger partial charge is 0.271 e. The van der Waals surface area contributed by atoms with E-state index in [1.165, 1.54) is 36.4 Å². The largest absolute Gasteiger partial charge is 0.390 e. The van der Waals surface area contributed by atoms with Crippen molar-refractivity contribution in [2.45, 2.75) is 11.0 Å². The van der Waals surface area contributed by atoms with Gasteiger partial charge in [-0.1, -0.05) is 24.3 Å². The number of likely N-dealkylation sites (N-methyl/N-ethyl adjacent to an activating group) is 1. The SMILES string of the molecule is CN(C)C[C@H](O)CN(c1cccc([N+](=O)[O-])c1)S(=O)(=O)c1ccccc1. The fraction of sp³-hybridized carbons (Fsp3) is 0.294. The fourth-order valence-corrected chi connectivity index (χ4v) is 4.01. The summed E-state index contributed by atoms with van der Waals surface area (Å²) in [5.41, 5.74) is -0.0984. The third kappa shape index (κ3) is 4.78. The average Bonchev–Trinajstić information content (AvgIpc) is 2.59. The van der Waals surface area contributed by atoms with Crippen LogP contribution in [0.1, 0.15) is 0 Å². The zero-order valence-electron chi connectivity index (χ0n) is 14.5. The normalized spacial score (nSPS) is 12.8. The van der Waals surface area contributed by atoms with Crippen LogP contribution in [0.4, 0.5) is 11.4 Å². The van der Waals surface area contributed by atoms with Gasteiger partial charge >= 0.3 is 0 Å². The molecule has 26 heavy (non-hydrogen) atoms. The molecule has 1 atom stereocenters. The van der Waals surface area contributed by atoms with Gasteiger partial charge in [0, 0.05) is 18.7 Å². The molecule has 0 aliphatic heterocycles. The minimum absolute atomic E-state index is 0.0450. The molecule has 2 aromatic carbocycles. The highest BCUT2D eigenvalue weighted by molar-refractivity contribution is 7.92. The molecule has 0 radical (unpaired) electrons. The zero-order chi connectivity index (χ0) is 19.3. The zero-order valence-corrected chi connectivity index (χ0v) is 15.3. The summed E-state index contributed by atoms with van der Waals surface area (Å²) < 4.78 is 27.1. The van der Waals surface area contributed by atoms with Gasteiger partial charge in [0.2, 0.25) is 0 Å². The summed E-state index contributed by atoms with van der Waals surface area (Å²) in [6, 6.07) is 13.1. The van der Waals surface area contributed by atoms with Crippen LogP contribution in [0.2, 0.25) is 0 Å². The second kappa shape index (κ2) is 8.26. The fourth-order valence-electron chi connectivity index (χ4n) is 2.49. The van der Waals surface area contributed by atoms with E-state index in [2.05, 4.69) is 0 Å². The highest BCUT2D eigenvalue weighted by Gasteiger charge is 2.28. The molecule has 2 aromatic rings.